The van der Waals surface area contributed by atoms with Crippen LogP contribution in [0.25, 0.3) is 0 Å². The quantitative estimate of drug-likeness (QED) is 0.908. The van der Waals surface area contributed by atoms with E-state index in [1.807, 2.05) is 0 Å². The molecule has 0 saturated heterocycles. The van der Waals surface area contributed by atoms with E-state index in [4.69, 9.17) is 0 Å². The first-order valence-electron chi connectivity index (χ1n) is 5.44. The summed E-state index contributed by atoms with van der Waals surface area (Å²) in [5.74, 6) is -0.723. The maximum atomic E-state index is 13.5. The van der Waals surface area contributed by atoms with E-state index >= 15 is 0 Å². The molecule has 1 nitrogen and oxygen atoms in total. The van der Waals surface area contributed by atoms with Gasteiger partial charge in [0.2, 0.25) is 0 Å². The zero-order valence-corrected chi connectivity index (χ0v) is 11.0. The number of aliphatic hydroxyl groups excluding tert-OH is 1. The first kappa shape index (κ1) is 13.2. The van der Waals surface area contributed by atoms with Gasteiger partial charge in [-0.15, -0.1) is 0 Å². The van der Waals surface area contributed by atoms with Gasteiger partial charge in [-0.1, -0.05) is 28.1 Å². The normalized spacial score (nSPS) is 12.4. The van der Waals surface area contributed by atoms with Gasteiger partial charge < -0.3 is 5.11 Å². The largest absolute Gasteiger partial charge is 0.388 e. The highest BCUT2D eigenvalue weighted by atomic mass is 79.9. The predicted octanol–water partition coefficient (Wildman–Crippen LogP) is 4.00. The average molecular weight is 313 g/mol. The Balaban J connectivity index is 2.18. The van der Waals surface area contributed by atoms with E-state index in [2.05, 4.69) is 15.9 Å². The minimum absolute atomic E-state index is 0.150. The molecule has 0 saturated carbocycles. The second-order valence-electron chi connectivity index (χ2n) is 4.01. The molecule has 1 atom stereocenters. The summed E-state index contributed by atoms with van der Waals surface area (Å²) < 4.78 is 27.0. The van der Waals surface area contributed by atoms with Gasteiger partial charge in [0, 0.05) is 10.9 Å². The molecule has 0 fully saturated rings. The van der Waals surface area contributed by atoms with Gasteiger partial charge in [-0.25, -0.2) is 8.78 Å². The summed E-state index contributed by atoms with van der Waals surface area (Å²) in [6.45, 7) is 0. The lowest BCUT2D eigenvalue weighted by Crippen LogP contribution is -2.03. The first-order chi connectivity index (χ1) is 8.56. The van der Waals surface area contributed by atoms with Crippen LogP contribution in [0.5, 0.6) is 0 Å². The van der Waals surface area contributed by atoms with Gasteiger partial charge >= 0.3 is 0 Å². The maximum Gasteiger partial charge on any atom is 0.126 e. The Morgan fingerprint density at radius 2 is 1.72 bits per heavy atom. The molecule has 0 aliphatic rings. The van der Waals surface area contributed by atoms with Gasteiger partial charge in [-0.2, -0.15) is 0 Å². The van der Waals surface area contributed by atoms with Crippen LogP contribution in [-0.4, -0.2) is 5.11 Å². The van der Waals surface area contributed by atoms with Crippen molar-refractivity contribution in [2.75, 3.05) is 0 Å². The van der Waals surface area contributed by atoms with Crippen molar-refractivity contribution in [3.63, 3.8) is 0 Å². The van der Waals surface area contributed by atoms with E-state index in [-0.39, 0.29) is 18.1 Å². The van der Waals surface area contributed by atoms with Crippen molar-refractivity contribution in [2.24, 2.45) is 0 Å². The number of hydrogen-bond donors (Lipinski definition) is 1. The highest BCUT2D eigenvalue weighted by molar-refractivity contribution is 9.10. The minimum Gasteiger partial charge on any atom is -0.388 e. The van der Waals surface area contributed by atoms with Crippen LogP contribution in [0.2, 0.25) is 0 Å². The van der Waals surface area contributed by atoms with Gasteiger partial charge in [0.25, 0.3) is 0 Å². The molecule has 0 bridgehead atoms. The molecule has 0 spiro atoms. The fourth-order valence-electron chi connectivity index (χ4n) is 1.71. The molecule has 4 heteroatoms. The molecule has 1 N–H and O–H groups in total. The molecule has 0 radical (unpaired) electrons. The van der Waals surface area contributed by atoms with Gasteiger partial charge in [0.1, 0.15) is 11.6 Å². The fraction of sp³-hybridized carbons (Fsp3) is 0.143. The van der Waals surface area contributed by atoms with Crippen LogP contribution >= 0.6 is 15.9 Å². The van der Waals surface area contributed by atoms with Crippen LogP contribution in [0.1, 0.15) is 17.2 Å². The number of halogens is 3. The standard InChI is InChI=1S/C14H11BrF2O/c15-11-3-6-13(17)10(7-11)8-14(18)9-1-4-12(16)5-2-9/h1-7,14,18H,8H2. The Hall–Kier alpha value is -1.26. The molecule has 0 aliphatic carbocycles. The number of aliphatic hydroxyl groups is 1. The second kappa shape index (κ2) is 5.59. The molecular weight excluding hydrogens is 302 g/mol. The number of benzene rings is 2. The van der Waals surface area contributed by atoms with Crippen LogP contribution in [0.4, 0.5) is 8.78 Å². The Labute approximate surface area is 112 Å². The second-order valence-corrected chi connectivity index (χ2v) is 4.92. The van der Waals surface area contributed by atoms with Crippen LogP contribution in [0.15, 0.2) is 46.9 Å². The zero-order valence-electron chi connectivity index (χ0n) is 9.41. The Bertz CT molecular complexity index is 540. The van der Waals surface area contributed by atoms with Gasteiger partial charge in [0.15, 0.2) is 0 Å². The maximum absolute atomic E-state index is 13.5. The zero-order chi connectivity index (χ0) is 13.1. The van der Waals surface area contributed by atoms with Crippen molar-refractivity contribution in [3.8, 4) is 0 Å². The highest BCUT2D eigenvalue weighted by Gasteiger charge is 2.12. The molecule has 0 aliphatic heterocycles. The third kappa shape index (κ3) is 3.15. The van der Waals surface area contributed by atoms with E-state index in [1.54, 1.807) is 12.1 Å². The van der Waals surface area contributed by atoms with Crippen molar-refractivity contribution in [1.29, 1.82) is 0 Å². The minimum atomic E-state index is -0.852. The van der Waals surface area contributed by atoms with Gasteiger partial charge in [-0.3, -0.25) is 0 Å². The molecule has 2 rings (SSSR count). The third-order valence-electron chi connectivity index (χ3n) is 2.68. The fourth-order valence-corrected chi connectivity index (χ4v) is 2.12. The van der Waals surface area contributed by atoms with Crippen molar-refractivity contribution in [1.82, 2.24) is 0 Å². The lowest BCUT2D eigenvalue weighted by molar-refractivity contribution is 0.177. The van der Waals surface area contributed by atoms with E-state index in [1.165, 1.54) is 30.3 Å². The van der Waals surface area contributed by atoms with Crippen molar-refractivity contribution >= 4 is 15.9 Å². The van der Waals surface area contributed by atoms with Crippen LogP contribution in [0, 0.1) is 11.6 Å². The number of rotatable bonds is 3. The Morgan fingerprint density at radius 1 is 1.06 bits per heavy atom. The molecule has 1 unspecified atom stereocenters. The van der Waals surface area contributed by atoms with Gasteiger partial charge in [0.05, 0.1) is 6.10 Å². The highest BCUT2D eigenvalue weighted by Crippen LogP contribution is 2.22. The average Bonchev–Trinajstić information content (AvgIpc) is 2.34. The summed E-state index contributed by atoms with van der Waals surface area (Å²) in [6, 6.07) is 10.1. The van der Waals surface area contributed by atoms with E-state index < -0.39 is 6.10 Å². The van der Waals surface area contributed by atoms with E-state index in [0.29, 0.717) is 11.1 Å². The van der Waals surface area contributed by atoms with Crippen LogP contribution in [-0.2, 0) is 6.42 Å². The molecule has 2 aromatic rings. The summed E-state index contributed by atoms with van der Waals surface area (Å²) in [7, 11) is 0. The molecule has 2 aromatic carbocycles. The summed E-state index contributed by atoms with van der Waals surface area (Å²) in [6.07, 6.45) is -0.703. The third-order valence-corrected chi connectivity index (χ3v) is 3.17. The molecule has 0 aromatic heterocycles. The summed E-state index contributed by atoms with van der Waals surface area (Å²) in [5, 5.41) is 9.98. The molecular formula is C14H11BrF2O. The smallest absolute Gasteiger partial charge is 0.126 e. The Morgan fingerprint density at radius 3 is 2.39 bits per heavy atom. The monoisotopic (exact) mass is 312 g/mol. The molecule has 0 amide bonds. The van der Waals surface area contributed by atoms with Crippen LogP contribution < -0.4 is 0 Å². The van der Waals surface area contributed by atoms with Crippen molar-refractivity contribution < 1.29 is 13.9 Å². The molecule has 18 heavy (non-hydrogen) atoms. The summed E-state index contributed by atoms with van der Waals surface area (Å²) in [4.78, 5) is 0. The summed E-state index contributed by atoms with van der Waals surface area (Å²) >= 11 is 3.25. The summed E-state index contributed by atoms with van der Waals surface area (Å²) in [5.41, 5.74) is 0.983. The van der Waals surface area contributed by atoms with Crippen molar-refractivity contribution in [2.45, 2.75) is 12.5 Å². The number of hydrogen-bond acceptors (Lipinski definition) is 1. The van der Waals surface area contributed by atoms with E-state index in [9.17, 15) is 13.9 Å². The van der Waals surface area contributed by atoms with Crippen molar-refractivity contribution in [3.05, 3.63) is 69.7 Å². The lowest BCUT2D eigenvalue weighted by atomic mass is 10.0. The first-order valence-corrected chi connectivity index (χ1v) is 6.23. The lowest BCUT2D eigenvalue weighted by Gasteiger charge is -2.12. The Kier molecular flexibility index (Phi) is 4.09. The molecule has 0 heterocycles. The molecule has 94 valence electrons. The van der Waals surface area contributed by atoms with Gasteiger partial charge in [-0.05, 0) is 41.5 Å². The predicted molar refractivity (Wildman–Crippen MR) is 69.2 cm³/mol. The van der Waals surface area contributed by atoms with Crippen LogP contribution in [0.3, 0.4) is 0 Å². The topological polar surface area (TPSA) is 20.2 Å². The van der Waals surface area contributed by atoms with E-state index in [0.717, 1.165) is 4.47 Å². The SMILES string of the molecule is OC(Cc1cc(Br)ccc1F)c1ccc(F)cc1.